The first-order valence-electron chi connectivity index (χ1n) is 10.6. The number of aryl methyl sites for hydroxylation is 1. The summed E-state index contributed by atoms with van der Waals surface area (Å²) in [6, 6.07) is 9.59. The Hall–Kier alpha value is -3.40. The molecule has 1 saturated carbocycles. The fourth-order valence-corrected chi connectivity index (χ4v) is 3.99. The molecule has 0 bridgehead atoms. The monoisotopic (exact) mass is 449 g/mol. The van der Waals surface area contributed by atoms with Gasteiger partial charge in [0.25, 0.3) is 0 Å². The van der Waals surface area contributed by atoms with Crippen molar-refractivity contribution in [3.05, 3.63) is 54.2 Å². The van der Waals surface area contributed by atoms with Crippen LogP contribution in [0.15, 0.2) is 52.7 Å². The molecule has 32 heavy (non-hydrogen) atoms. The molecule has 2 aromatic heterocycles. The van der Waals surface area contributed by atoms with Gasteiger partial charge in [-0.25, -0.2) is 4.98 Å². The first-order chi connectivity index (χ1) is 15.7. The van der Waals surface area contributed by atoms with Gasteiger partial charge in [-0.2, -0.15) is 15.1 Å². The van der Waals surface area contributed by atoms with Gasteiger partial charge in [0.1, 0.15) is 11.9 Å². The molecule has 1 aromatic carbocycles. The van der Waals surface area contributed by atoms with Crippen LogP contribution < -0.4 is 10.6 Å². The van der Waals surface area contributed by atoms with Gasteiger partial charge in [0.2, 0.25) is 11.9 Å². The van der Waals surface area contributed by atoms with Gasteiger partial charge in [0, 0.05) is 35.4 Å². The molecule has 10 heteroatoms. The Labute approximate surface area is 189 Å². The van der Waals surface area contributed by atoms with E-state index in [1.165, 1.54) is 11.8 Å². The summed E-state index contributed by atoms with van der Waals surface area (Å²) in [4.78, 5) is 26.4. The predicted molar refractivity (Wildman–Crippen MR) is 121 cm³/mol. The number of H-pyrrole nitrogens is 1. The number of ether oxygens (including phenoxy) is 1. The number of anilines is 3. The van der Waals surface area contributed by atoms with E-state index in [1.807, 2.05) is 43.3 Å². The standard InChI is InChI=1S/C22H23N7O2S/c1-2-18-24-21(25-19-12-16(28-29-19)17-4-3-11-31-17)27-22(26-18)32-15-9-7-14(8-10-15)23-20(30)13-5-6-13/h3,7-13,17H,2,4-6H2,1H3,(H,23,30)(H2,24,25,26,27,28,29). The van der Waals surface area contributed by atoms with Gasteiger partial charge < -0.3 is 15.4 Å². The number of aromatic amines is 1. The van der Waals surface area contributed by atoms with Gasteiger partial charge in [0.15, 0.2) is 11.0 Å². The molecule has 1 amide bonds. The number of hydrogen-bond acceptors (Lipinski definition) is 8. The third-order valence-corrected chi connectivity index (χ3v) is 6.00. The van der Waals surface area contributed by atoms with Gasteiger partial charge in [-0.15, -0.1) is 0 Å². The molecule has 1 atom stereocenters. The Bertz CT molecular complexity index is 1130. The van der Waals surface area contributed by atoms with Crippen LogP contribution in [0, 0.1) is 5.92 Å². The van der Waals surface area contributed by atoms with Gasteiger partial charge in [-0.3, -0.25) is 9.89 Å². The van der Waals surface area contributed by atoms with Crippen LogP contribution in [0.4, 0.5) is 17.5 Å². The second kappa shape index (κ2) is 8.99. The largest absolute Gasteiger partial charge is 0.492 e. The zero-order valence-corrected chi connectivity index (χ0v) is 18.4. The Morgan fingerprint density at radius 2 is 2.06 bits per heavy atom. The number of rotatable bonds is 8. The zero-order chi connectivity index (χ0) is 21.9. The molecule has 3 aromatic rings. The van der Waals surface area contributed by atoms with Gasteiger partial charge in [-0.05, 0) is 54.9 Å². The van der Waals surface area contributed by atoms with Crippen molar-refractivity contribution in [2.75, 3.05) is 10.6 Å². The minimum absolute atomic E-state index is 0.0363. The normalized spacial score (nSPS) is 17.2. The van der Waals surface area contributed by atoms with Crippen LogP contribution in [0.1, 0.15) is 43.8 Å². The molecule has 0 radical (unpaired) electrons. The summed E-state index contributed by atoms with van der Waals surface area (Å²) in [6.45, 7) is 2.00. The fourth-order valence-electron chi connectivity index (χ4n) is 3.22. The number of carbonyl (C=O) groups excluding carboxylic acids is 1. The second-order valence-electron chi connectivity index (χ2n) is 7.67. The summed E-state index contributed by atoms with van der Waals surface area (Å²) in [5.74, 6) is 2.04. The fraction of sp³-hybridized carbons (Fsp3) is 0.318. The molecule has 1 aliphatic heterocycles. The molecule has 1 unspecified atom stereocenters. The number of amides is 1. The minimum Gasteiger partial charge on any atom is -0.492 e. The minimum atomic E-state index is -0.0363. The first kappa shape index (κ1) is 20.5. The van der Waals surface area contributed by atoms with E-state index in [9.17, 15) is 4.79 Å². The molecule has 5 rings (SSSR count). The molecule has 0 saturated heterocycles. The molecule has 9 nitrogen and oxygen atoms in total. The van der Waals surface area contributed by atoms with Crippen molar-refractivity contribution in [2.24, 2.45) is 5.92 Å². The summed E-state index contributed by atoms with van der Waals surface area (Å²) in [5, 5.41) is 14.0. The summed E-state index contributed by atoms with van der Waals surface area (Å²) >= 11 is 1.44. The van der Waals surface area contributed by atoms with Crippen LogP contribution in [0.25, 0.3) is 0 Å². The van der Waals surface area contributed by atoms with Crippen molar-refractivity contribution >= 4 is 35.1 Å². The van der Waals surface area contributed by atoms with Crippen LogP contribution in [-0.2, 0) is 16.0 Å². The van der Waals surface area contributed by atoms with Gasteiger partial charge >= 0.3 is 0 Å². The van der Waals surface area contributed by atoms with E-state index in [4.69, 9.17) is 4.74 Å². The maximum absolute atomic E-state index is 11.9. The summed E-state index contributed by atoms with van der Waals surface area (Å²) in [6.07, 6.45) is 7.12. The van der Waals surface area contributed by atoms with Crippen LogP contribution in [-0.4, -0.2) is 31.1 Å². The van der Waals surface area contributed by atoms with E-state index in [0.29, 0.717) is 29.2 Å². The molecule has 1 fully saturated rings. The summed E-state index contributed by atoms with van der Waals surface area (Å²) in [5.41, 5.74) is 1.69. The number of nitrogens with one attached hydrogen (secondary N) is 3. The SMILES string of the molecule is CCc1nc(Nc2cc(C3CC=CO3)[nH]n2)nc(Sc2ccc(NC(=O)C3CC3)cc2)n1. The number of carbonyl (C=O) groups is 1. The predicted octanol–water partition coefficient (Wildman–Crippen LogP) is 4.38. The van der Waals surface area contributed by atoms with Crippen molar-refractivity contribution < 1.29 is 9.53 Å². The van der Waals surface area contributed by atoms with Crippen molar-refractivity contribution in [3.63, 3.8) is 0 Å². The highest BCUT2D eigenvalue weighted by Crippen LogP contribution is 2.31. The van der Waals surface area contributed by atoms with E-state index in [-0.39, 0.29) is 17.9 Å². The Morgan fingerprint density at radius 3 is 2.78 bits per heavy atom. The number of nitrogens with zero attached hydrogens (tertiary/aromatic N) is 4. The number of hydrogen-bond donors (Lipinski definition) is 3. The third kappa shape index (κ3) is 4.91. The second-order valence-corrected chi connectivity index (χ2v) is 8.71. The van der Waals surface area contributed by atoms with E-state index in [1.54, 1.807) is 6.26 Å². The maximum atomic E-state index is 11.9. The lowest BCUT2D eigenvalue weighted by atomic mass is 10.2. The molecule has 2 aliphatic rings. The van der Waals surface area contributed by atoms with Crippen LogP contribution in [0.3, 0.4) is 0 Å². The molecular formula is C22H23N7O2S. The van der Waals surface area contributed by atoms with Crippen molar-refractivity contribution in [1.29, 1.82) is 0 Å². The highest BCUT2D eigenvalue weighted by atomic mass is 32.2. The van der Waals surface area contributed by atoms with Crippen molar-refractivity contribution in [2.45, 2.75) is 48.8 Å². The van der Waals surface area contributed by atoms with Crippen LogP contribution >= 0.6 is 11.8 Å². The highest BCUT2D eigenvalue weighted by molar-refractivity contribution is 7.99. The lowest BCUT2D eigenvalue weighted by Gasteiger charge is -2.08. The Kier molecular flexibility index (Phi) is 5.76. The molecule has 1 aliphatic carbocycles. The molecule has 164 valence electrons. The molecule has 3 heterocycles. The first-order valence-corrected chi connectivity index (χ1v) is 11.4. The smallest absolute Gasteiger partial charge is 0.232 e. The number of aromatic nitrogens is 5. The Balaban J connectivity index is 1.27. The maximum Gasteiger partial charge on any atom is 0.232 e. The molecular weight excluding hydrogens is 426 g/mol. The van der Waals surface area contributed by atoms with Crippen LogP contribution in [0.2, 0.25) is 0 Å². The Morgan fingerprint density at radius 1 is 1.22 bits per heavy atom. The van der Waals surface area contributed by atoms with Gasteiger partial charge in [0.05, 0.1) is 12.0 Å². The summed E-state index contributed by atoms with van der Waals surface area (Å²) in [7, 11) is 0. The van der Waals surface area contributed by atoms with Crippen molar-refractivity contribution in [1.82, 2.24) is 25.1 Å². The van der Waals surface area contributed by atoms with E-state index in [0.717, 1.165) is 35.5 Å². The molecule has 0 spiro atoms. The summed E-state index contributed by atoms with van der Waals surface area (Å²) < 4.78 is 5.52. The lowest BCUT2D eigenvalue weighted by Crippen LogP contribution is -2.12. The van der Waals surface area contributed by atoms with Crippen molar-refractivity contribution in [3.8, 4) is 0 Å². The third-order valence-electron chi connectivity index (χ3n) is 5.13. The number of benzene rings is 1. The van der Waals surface area contributed by atoms with Gasteiger partial charge in [-0.1, -0.05) is 6.92 Å². The molecule has 3 N–H and O–H groups in total. The van der Waals surface area contributed by atoms with Crippen LogP contribution in [0.5, 0.6) is 0 Å². The highest BCUT2D eigenvalue weighted by Gasteiger charge is 2.29. The average Bonchev–Trinajstić information content (AvgIpc) is 3.31. The van der Waals surface area contributed by atoms with E-state index < -0.39 is 0 Å². The average molecular weight is 450 g/mol. The zero-order valence-electron chi connectivity index (χ0n) is 17.5. The quantitative estimate of drug-likeness (QED) is 0.464. The topological polar surface area (TPSA) is 118 Å². The van der Waals surface area contributed by atoms with E-state index in [2.05, 4.69) is 35.8 Å². The lowest BCUT2D eigenvalue weighted by molar-refractivity contribution is -0.117. The van der Waals surface area contributed by atoms with E-state index >= 15 is 0 Å².